The number of amidine groups is 1. The summed E-state index contributed by atoms with van der Waals surface area (Å²) in [5.41, 5.74) is 0. The van der Waals surface area contributed by atoms with Gasteiger partial charge in [0.25, 0.3) is 0 Å². The van der Waals surface area contributed by atoms with Gasteiger partial charge in [-0.25, -0.2) is 13.7 Å². The SMILES string of the molecule is CCOC(N(C)C)=[N+](C)C.CCOS(=O)(=O)O. The maximum Gasteiger partial charge on any atom is 0.445 e. The maximum absolute atomic E-state index is 9.56. The summed E-state index contributed by atoms with van der Waals surface area (Å²) >= 11 is 0. The summed E-state index contributed by atoms with van der Waals surface area (Å²) in [7, 11) is 3.68. The fourth-order valence-corrected chi connectivity index (χ4v) is 1.23. The molecular formula is C9H23N2O5S+. The van der Waals surface area contributed by atoms with Crippen LogP contribution in [0.4, 0.5) is 0 Å². The molecule has 1 N–H and O–H groups in total. The minimum absolute atomic E-state index is 0.0289. The third-order valence-electron chi connectivity index (χ3n) is 1.31. The van der Waals surface area contributed by atoms with Crippen molar-refractivity contribution in [1.29, 1.82) is 0 Å². The van der Waals surface area contributed by atoms with Gasteiger partial charge in [-0.05, 0) is 13.8 Å². The molecule has 0 atom stereocenters. The summed E-state index contributed by atoms with van der Waals surface area (Å²) in [6.45, 7) is 4.13. The topological polar surface area (TPSA) is 79.1 Å². The van der Waals surface area contributed by atoms with Crippen molar-refractivity contribution >= 4 is 16.4 Å². The molecule has 0 aromatic heterocycles. The lowest BCUT2D eigenvalue weighted by molar-refractivity contribution is -0.480. The molecule has 0 aliphatic rings. The van der Waals surface area contributed by atoms with Gasteiger partial charge in [-0.1, -0.05) is 0 Å². The van der Waals surface area contributed by atoms with E-state index in [9.17, 15) is 8.42 Å². The standard InChI is InChI=1S/C7H17N2O.C2H6O4S/c1-6-10-7(8(2)3)9(4)5;1-2-6-7(3,4)5/h6H2,1-5H3;2H2,1H3,(H,3,4,5)/q+1;. The molecule has 17 heavy (non-hydrogen) atoms. The Labute approximate surface area is 104 Å². The minimum atomic E-state index is -4.17. The molecule has 0 aliphatic heterocycles. The van der Waals surface area contributed by atoms with Crippen LogP contribution < -0.4 is 0 Å². The number of hydrogen-bond donors (Lipinski definition) is 1. The van der Waals surface area contributed by atoms with Crippen LogP contribution >= 0.6 is 0 Å². The van der Waals surface area contributed by atoms with Crippen LogP contribution in [-0.4, -0.2) is 69.9 Å². The molecule has 0 amide bonds. The van der Waals surface area contributed by atoms with Crippen molar-refractivity contribution in [3.63, 3.8) is 0 Å². The average molecular weight is 271 g/mol. The molecule has 0 aliphatic carbocycles. The van der Waals surface area contributed by atoms with Crippen molar-refractivity contribution in [3.8, 4) is 0 Å². The van der Waals surface area contributed by atoms with E-state index in [1.54, 1.807) is 0 Å². The highest BCUT2D eigenvalue weighted by Crippen LogP contribution is 1.84. The van der Waals surface area contributed by atoms with Crippen LogP contribution in [0.2, 0.25) is 0 Å². The van der Waals surface area contributed by atoms with Crippen LogP contribution in [0.15, 0.2) is 0 Å². The zero-order chi connectivity index (χ0) is 14.1. The summed E-state index contributed by atoms with van der Waals surface area (Å²) in [4.78, 5) is 1.95. The first-order valence-corrected chi connectivity index (χ1v) is 6.48. The van der Waals surface area contributed by atoms with Gasteiger partial charge >= 0.3 is 16.4 Å². The van der Waals surface area contributed by atoms with Crippen LogP contribution in [0, 0.1) is 0 Å². The van der Waals surface area contributed by atoms with E-state index in [2.05, 4.69) is 4.18 Å². The molecular weight excluding hydrogens is 248 g/mol. The second-order valence-corrected chi connectivity index (χ2v) is 4.43. The van der Waals surface area contributed by atoms with Gasteiger partial charge in [0.05, 0.1) is 41.4 Å². The van der Waals surface area contributed by atoms with Crippen LogP contribution in [0.25, 0.3) is 0 Å². The summed E-state index contributed by atoms with van der Waals surface area (Å²) < 4.78 is 37.9. The molecule has 0 fully saturated rings. The molecule has 0 aromatic carbocycles. The van der Waals surface area contributed by atoms with Crippen LogP contribution in [0.1, 0.15) is 13.8 Å². The van der Waals surface area contributed by atoms with Crippen molar-refractivity contribution in [1.82, 2.24) is 4.90 Å². The van der Waals surface area contributed by atoms with Gasteiger partial charge in [0.2, 0.25) is 0 Å². The second kappa shape index (κ2) is 9.20. The maximum atomic E-state index is 9.56. The molecule has 0 saturated heterocycles. The molecule has 0 aromatic rings. The molecule has 7 nitrogen and oxygen atoms in total. The minimum Gasteiger partial charge on any atom is -0.432 e. The Morgan fingerprint density at radius 2 is 1.71 bits per heavy atom. The van der Waals surface area contributed by atoms with Gasteiger partial charge in [-0.15, -0.1) is 0 Å². The number of rotatable bonds is 3. The van der Waals surface area contributed by atoms with Crippen molar-refractivity contribution in [2.24, 2.45) is 0 Å². The Balaban J connectivity index is 0. The quantitative estimate of drug-likeness (QED) is 0.338. The Bertz CT molecular complexity index is 320. The predicted molar refractivity (Wildman–Crippen MR) is 65.6 cm³/mol. The Morgan fingerprint density at radius 3 is 1.76 bits per heavy atom. The first-order valence-electron chi connectivity index (χ1n) is 5.11. The van der Waals surface area contributed by atoms with Crippen LogP contribution in [0.3, 0.4) is 0 Å². The van der Waals surface area contributed by atoms with E-state index in [1.165, 1.54) is 6.92 Å². The first-order chi connectivity index (χ1) is 7.65. The van der Waals surface area contributed by atoms with Gasteiger partial charge in [-0.3, -0.25) is 4.55 Å². The second-order valence-electron chi connectivity index (χ2n) is 3.34. The predicted octanol–water partition coefficient (Wildman–Crippen LogP) is 0.0383. The third kappa shape index (κ3) is 13.1. The van der Waals surface area contributed by atoms with Gasteiger partial charge in [0.15, 0.2) is 0 Å². The largest absolute Gasteiger partial charge is 0.445 e. The van der Waals surface area contributed by atoms with E-state index < -0.39 is 10.4 Å². The molecule has 8 heteroatoms. The number of hydrogen-bond acceptors (Lipinski definition) is 4. The van der Waals surface area contributed by atoms with E-state index in [0.29, 0.717) is 6.61 Å². The number of nitrogens with zero attached hydrogens (tertiary/aromatic N) is 2. The summed E-state index contributed by atoms with van der Waals surface area (Å²) in [5, 5.41) is 0. The molecule has 0 unspecified atom stereocenters. The molecule has 0 spiro atoms. The van der Waals surface area contributed by atoms with Crippen molar-refractivity contribution in [2.45, 2.75) is 13.8 Å². The zero-order valence-corrected chi connectivity index (χ0v) is 12.1. The Hall–Kier alpha value is -0.860. The van der Waals surface area contributed by atoms with E-state index in [-0.39, 0.29) is 6.61 Å². The van der Waals surface area contributed by atoms with Crippen molar-refractivity contribution < 1.29 is 26.5 Å². The number of ether oxygens (including phenoxy) is 1. The molecule has 0 radical (unpaired) electrons. The van der Waals surface area contributed by atoms with Gasteiger partial charge in [-0.2, -0.15) is 8.42 Å². The van der Waals surface area contributed by atoms with E-state index in [0.717, 1.165) is 6.02 Å². The van der Waals surface area contributed by atoms with Crippen molar-refractivity contribution in [2.75, 3.05) is 41.4 Å². The lowest BCUT2D eigenvalue weighted by Gasteiger charge is -2.09. The normalized spacial score (nSPS) is 10.1. The highest BCUT2D eigenvalue weighted by Gasteiger charge is 2.10. The molecule has 0 rings (SSSR count). The van der Waals surface area contributed by atoms with Gasteiger partial charge < -0.3 is 4.74 Å². The Kier molecular flexibility index (Phi) is 10.0. The third-order valence-corrected chi connectivity index (χ3v) is 1.84. The highest BCUT2D eigenvalue weighted by atomic mass is 32.3. The zero-order valence-electron chi connectivity index (χ0n) is 11.3. The van der Waals surface area contributed by atoms with Gasteiger partial charge in [0, 0.05) is 0 Å². The fraction of sp³-hybridized carbons (Fsp3) is 0.889. The van der Waals surface area contributed by atoms with Gasteiger partial charge in [0.1, 0.15) is 0 Å². The summed E-state index contributed by atoms with van der Waals surface area (Å²) in [6, 6.07) is 0.891. The van der Waals surface area contributed by atoms with Crippen LogP contribution in [0.5, 0.6) is 0 Å². The average Bonchev–Trinajstić information content (AvgIpc) is 2.12. The van der Waals surface area contributed by atoms with Crippen LogP contribution in [-0.2, 0) is 19.3 Å². The summed E-state index contributed by atoms with van der Waals surface area (Å²) in [5.74, 6) is 0. The molecule has 0 heterocycles. The first kappa shape index (κ1) is 18.5. The monoisotopic (exact) mass is 271 g/mol. The van der Waals surface area contributed by atoms with Crippen molar-refractivity contribution in [3.05, 3.63) is 0 Å². The smallest absolute Gasteiger partial charge is 0.432 e. The molecule has 0 bridgehead atoms. The highest BCUT2D eigenvalue weighted by molar-refractivity contribution is 7.80. The van der Waals surface area contributed by atoms with E-state index in [1.807, 2.05) is 44.6 Å². The summed E-state index contributed by atoms with van der Waals surface area (Å²) in [6.07, 6.45) is 0. The molecule has 104 valence electrons. The lowest BCUT2D eigenvalue weighted by Crippen LogP contribution is -2.32. The fourth-order valence-electron chi connectivity index (χ4n) is 0.936. The Morgan fingerprint density at radius 1 is 1.24 bits per heavy atom. The lowest BCUT2D eigenvalue weighted by atomic mass is 10.8. The van der Waals surface area contributed by atoms with E-state index >= 15 is 0 Å². The molecule has 0 saturated carbocycles. The van der Waals surface area contributed by atoms with E-state index in [4.69, 9.17) is 9.29 Å².